The molecule has 0 radical (unpaired) electrons. The van der Waals surface area contributed by atoms with Crippen molar-refractivity contribution in [3.63, 3.8) is 0 Å². The van der Waals surface area contributed by atoms with Crippen molar-refractivity contribution in [2.24, 2.45) is 0 Å². The summed E-state index contributed by atoms with van der Waals surface area (Å²) >= 11 is 0. The maximum absolute atomic E-state index is 5.68. The SMILES string of the molecule is CNCc1cc(COc2ccc(C)cc2OC)on1. The minimum absolute atomic E-state index is 0.329. The lowest BCUT2D eigenvalue weighted by Gasteiger charge is -2.09. The average Bonchev–Trinajstić information content (AvgIpc) is 2.85. The quantitative estimate of drug-likeness (QED) is 0.865. The summed E-state index contributed by atoms with van der Waals surface area (Å²) < 4.78 is 16.1. The number of aromatic nitrogens is 1. The first-order chi connectivity index (χ1) is 9.22. The Morgan fingerprint density at radius 2 is 2.11 bits per heavy atom. The van der Waals surface area contributed by atoms with E-state index in [0.29, 0.717) is 24.7 Å². The molecule has 102 valence electrons. The van der Waals surface area contributed by atoms with Crippen LogP contribution in [0.25, 0.3) is 0 Å². The van der Waals surface area contributed by atoms with Crippen LogP contribution in [0.4, 0.5) is 0 Å². The van der Waals surface area contributed by atoms with Crippen molar-refractivity contribution >= 4 is 0 Å². The predicted molar refractivity (Wildman–Crippen MR) is 71.3 cm³/mol. The second-order valence-corrected chi connectivity index (χ2v) is 4.26. The van der Waals surface area contributed by atoms with Gasteiger partial charge in [0.2, 0.25) is 0 Å². The van der Waals surface area contributed by atoms with E-state index in [2.05, 4.69) is 10.5 Å². The molecule has 0 atom stereocenters. The van der Waals surface area contributed by atoms with Crippen molar-refractivity contribution in [3.05, 3.63) is 41.3 Å². The normalized spacial score (nSPS) is 10.5. The Kier molecular flexibility index (Phi) is 4.41. The maximum Gasteiger partial charge on any atom is 0.174 e. The zero-order valence-corrected chi connectivity index (χ0v) is 11.4. The molecule has 2 rings (SSSR count). The highest BCUT2D eigenvalue weighted by molar-refractivity contribution is 5.42. The molecular weight excluding hydrogens is 244 g/mol. The average molecular weight is 262 g/mol. The number of nitrogens with zero attached hydrogens (tertiary/aromatic N) is 1. The van der Waals surface area contributed by atoms with E-state index in [9.17, 15) is 0 Å². The maximum atomic E-state index is 5.68. The van der Waals surface area contributed by atoms with Crippen LogP contribution in [0.1, 0.15) is 17.0 Å². The number of aryl methyl sites for hydroxylation is 1. The number of rotatable bonds is 6. The van der Waals surface area contributed by atoms with Crippen molar-refractivity contribution in [1.82, 2.24) is 10.5 Å². The van der Waals surface area contributed by atoms with E-state index in [0.717, 1.165) is 17.0 Å². The first kappa shape index (κ1) is 13.4. The molecular formula is C14H18N2O3. The lowest BCUT2D eigenvalue weighted by molar-refractivity contribution is 0.238. The van der Waals surface area contributed by atoms with Gasteiger partial charge in [0.25, 0.3) is 0 Å². The van der Waals surface area contributed by atoms with Gasteiger partial charge in [0, 0.05) is 12.6 Å². The molecule has 1 heterocycles. The van der Waals surface area contributed by atoms with Crippen molar-refractivity contribution in [1.29, 1.82) is 0 Å². The highest BCUT2D eigenvalue weighted by atomic mass is 16.5. The number of nitrogens with one attached hydrogen (secondary N) is 1. The van der Waals surface area contributed by atoms with Gasteiger partial charge in [-0.25, -0.2) is 0 Å². The van der Waals surface area contributed by atoms with Crippen molar-refractivity contribution < 1.29 is 14.0 Å². The Labute approximate surface area is 112 Å². The molecule has 5 heteroatoms. The highest BCUT2D eigenvalue weighted by Gasteiger charge is 2.08. The molecule has 5 nitrogen and oxygen atoms in total. The van der Waals surface area contributed by atoms with E-state index in [1.807, 2.05) is 38.2 Å². The van der Waals surface area contributed by atoms with Crippen molar-refractivity contribution in [2.45, 2.75) is 20.1 Å². The second-order valence-electron chi connectivity index (χ2n) is 4.26. The molecule has 0 bridgehead atoms. The van der Waals surface area contributed by atoms with Gasteiger partial charge >= 0.3 is 0 Å². The summed E-state index contributed by atoms with van der Waals surface area (Å²) in [5.74, 6) is 2.10. The Balaban J connectivity index is 2.01. The van der Waals surface area contributed by atoms with Gasteiger partial charge < -0.3 is 19.3 Å². The minimum Gasteiger partial charge on any atom is -0.493 e. The summed E-state index contributed by atoms with van der Waals surface area (Å²) in [6.07, 6.45) is 0. The number of hydrogen-bond donors (Lipinski definition) is 1. The molecule has 0 aliphatic carbocycles. The van der Waals surface area contributed by atoms with Crippen LogP contribution in [0.15, 0.2) is 28.8 Å². The Morgan fingerprint density at radius 1 is 1.26 bits per heavy atom. The standard InChI is InChI=1S/C14H18N2O3/c1-10-4-5-13(14(6-10)17-3)18-9-12-7-11(8-15-2)16-19-12/h4-7,15H,8-9H2,1-3H3. The zero-order chi connectivity index (χ0) is 13.7. The summed E-state index contributed by atoms with van der Waals surface area (Å²) in [6.45, 7) is 3.01. The third kappa shape index (κ3) is 3.48. The molecule has 0 aliphatic heterocycles. The summed E-state index contributed by atoms with van der Waals surface area (Å²) in [5.41, 5.74) is 1.98. The second kappa shape index (κ2) is 6.24. The van der Waals surface area contributed by atoms with Crippen molar-refractivity contribution in [2.75, 3.05) is 14.2 Å². The molecule has 1 aromatic heterocycles. The molecule has 1 N–H and O–H groups in total. The van der Waals surface area contributed by atoms with Gasteiger partial charge in [-0.3, -0.25) is 0 Å². The molecule has 0 spiro atoms. The van der Waals surface area contributed by atoms with Gasteiger partial charge in [-0.2, -0.15) is 0 Å². The fourth-order valence-corrected chi connectivity index (χ4v) is 1.73. The van der Waals surface area contributed by atoms with Crippen molar-refractivity contribution in [3.8, 4) is 11.5 Å². The predicted octanol–water partition coefficient (Wildman–Crippen LogP) is 2.29. The van der Waals surface area contributed by atoms with Gasteiger partial charge in [0.1, 0.15) is 6.61 Å². The lowest BCUT2D eigenvalue weighted by atomic mass is 10.2. The number of benzene rings is 1. The molecule has 0 amide bonds. The topological polar surface area (TPSA) is 56.5 Å². The van der Waals surface area contributed by atoms with Gasteiger partial charge in [0.05, 0.1) is 12.8 Å². The van der Waals surface area contributed by atoms with Crippen LogP contribution in [0.3, 0.4) is 0 Å². The summed E-state index contributed by atoms with van der Waals surface area (Å²) in [4.78, 5) is 0. The Morgan fingerprint density at radius 3 is 2.84 bits per heavy atom. The Bertz CT molecular complexity index is 537. The van der Waals surface area contributed by atoms with E-state index in [1.54, 1.807) is 7.11 Å². The molecule has 2 aromatic rings. The lowest BCUT2D eigenvalue weighted by Crippen LogP contribution is -2.04. The van der Waals surface area contributed by atoms with Crippen LogP contribution in [-0.2, 0) is 13.2 Å². The summed E-state index contributed by atoms with van der Waals surface area (Å²) in [7, 11) is 3.49. The molecule has 0 saturated heterocycles. The molecule has 0 saturated carbocycles. The monoisotopic (exact) mass is 262 g/mol. The number of hydrogen-bond acceptors (Lipinski definition) is 5. The number of ether oxygens (including phenoxy) is 2. The number of methoxy groups -OCH3 is 1. The third-order valence-electron chi connectivity index (χ3n) is 2.65. The fraction of sp³-hybridized carbons (Fsp3) is 0.357. The Hall–Kier alpha value is -2.01. The van der Waals surface area contributed by atoms with Crippen LogP contribution < -0.4 is 14.8 Å². The van der Waals surface area contributed by atoms with Crippen LogP contribution >= 0.6 is 0 Å². The zero-order valence-electron chi connectivity index (χ0n) is 11.4. The van der Waals surface area contributed by atoms with Crippen LogP contribution in [0.2, 0.25) is 0 Å². The van der Waals surface area contributed by atoms with Gasteiger partial charge in [-0.1, -0.05) is 11.2 Å². The van der Waals surface area contributed by atoms with Crippen LogP contribution in [0, 0.1) is 6.92 Å². The third-order valence-corrected chi connectivity index (χ3v) is 2.65. The van der Waals surface area contributed by atoms with E-state index in [4.69, 9.17) is 14.0 Å². The molecule has 1 aromatic carbocycles. The molecule has 0 fully saturated rings. The first-order valence-corrected chi connectivity index (χ1v) is 6.09. The van der Waals surface area contributed by atoms with Gasteiger partial charge in [0.15, 0.2) is 17.3 Å². The van der Waals surface area contributed by atoms with E-state index >= 15 is 0 Å². The van der Waals surface area contributed by atoms with E-state index in [1.165, 1.54) is 0 Å². The van der Waals surface area contributed by atoms with E-state index < -0.39 is 0 Å². The highest BCUT2D eigenvalue weighted by Crippen LogP contribution is 2.28. The minimum atomic E-state index is 0.329. The molecule has 0 unspecified atom stereocenters. The fourth-order valence-electron chi connectivity index (χ4n) is 1.73. The molecule has 0 aliphatic rings. The van der Waals surface area contributed by atoms with Gasteiger partial charge in [-0.05, 0) is 31.7 Å². The van der Waals surface area contributed by atoms with Crippen LogP contribution in [-0.4, -0.2) is 19.3 Å². The smallest absolute Gasteiger partial charge is 0.174 e. The summed E-state index contributed by atoms with van der Waals surface area (Å²) in [6, 6.07) is 7.67. The van der Waals surface area contributed by atoms with Crippen LogP contribution in [0.5, 0.6) is 11.5 Å². The largest absolute Gasteiger partial charge is 0.493 e. The summed E-state index contributed by atoms with van der Waals surface area (Å²) in [5, 5.41) is 6.94. The molecule has 19 heavy (non-hydrogen) atoms. The van der Waals surface area contributed by atoms with E-state index in [-0.39, 0.29) is 0 Å². The van der Waals surface area contributed by atoms with Gasteiger partial charge in [-0.15, -0.1) is 0 Å². The first-order valence-electron chi connectivity index (χ1n) is 6.09.